The Balaban J connectivity index is 2.64. The molecule has 0 aromatic carbocycles. The average Bonchev–Trinajstić information content (AvgIpc) is 2.84. The Morgan fingerprint density at radius 2 is 1.94 bits per heavy atom. The third kappa shape index (κ3) is 3.94. The van der Waals surface area contributed by atoms with Crippen LogP contribution in [0.2, 0.25) is 0 Å². The summed E-state index contributed by atoms with van der Waals surface area (Å²) < 4.78 is 5.21. The summed E-state index contributed by atoms with van der Waals surface area (Å²) >= 11 is 0. The molecule has 0 aliphatic heterocycles. The molecule has 1 aliphatic carbocycles. The minimum Gasteiger partial charge on any atom is -0.385 e. The van der Waals surface area contributed by atoms with Gasteiger partial charge in [0.1, 0.15) is 0 Å². The van der Waals surface area contributed by atoms with E-state index in [2.05, 4.69) is 31.2 Å². The monoisotopic (exact) mass is 256 g/mol. The molecule has 1 fully saturated rings. The minimum absolute atomic E-state index is 0.378. The number of hydrogen-bond acceptors (Lipinski definition) is 3. The van der Waals surface area contributed by atoms with Crippen LogP contribution in [0.1, 0.15) is 51.9 Å². The maximum atomic E-state index is 5.21. The fourth-order valence-corrected chi connectivity index (χ4v) is 3.41. The molecule has 1 atom stereocenters. The minimum atomic E-state index is 0.378. The molecule has 0 bridgehead atoms. The summed E-state index contributed by atoms with van der Waals surface area (Å²) in [7, 11) is 6.30. The van der Waals surface area contributed by atoms with Gasteiger partial charge in [-0.3, -0.25) is 0 Å². The van der Waals surface area contributed by atoms with E-state index in [4.69, 9.17) is 4.74 Å². The van der Waals surface area contributed by atoms with E-state index in [0.29, 0.717) is 11.6 Å². The molecule has 3 nitrogen and oxygen atoms in total. The number of hydrogen-bond donors (Lipinski definition) is 1. The van der Waals surface area contributed by atoms with Crippen molar-refractivity contribution in [3.63, 3.8) is 0 Å². The molecule has 0 amide bonds. The normalized spacial score (nSPS) is 20.5. The molecular weight excluding hydrogens is 224 g/mol. The van der Waals surface area contributed by atoms with Crippen molar-refractivity contribution in [3.8, 4) is 0 Å². The van der Waals surface area contributed by atoms with E-state index in [-0.39, 0.29) is 0 Å². The van der Waals surface area contributed by atoms with E-state index < -0.39 is 0 Å². The molecule has 18 heavy (non-hydrogen) atoms. The van der Waals surface area contributed by atoms with Crippen molar-refractivity contribution in [3.05, 3.63) is 0 Å². The Morgan fingerprint density at radius 3 is 2.44 bits per heavy atom. The van der Waals surface area contributed by atoms with Crippen molar-refractivity contribution >= 4 is 0 Å². The van der Waals surface area contributed by atoms with Crippen LogP contribution in [0, 0.1) is 0 Å². The fraction of sp³-hybridized carbons (Fsp3) is 1.00. The maximum Gasteiger partial charge on any atom is 0.0462 e. The van der Waals surface area contributed by atoms with Crippen molar-refractivity contribution in [2.24, 2.45) is 0 Å². The second kappa shape index (κ2) is 8.13. The lowest BCUT2D eigenvalue weighted by atomic mass is 9.84. The van der Waals surface area contributed by atoms with Gasteiger partial charge in [0, 0.05) is 25.3 Å². The molecule has 0 aromatic heterocycles. The molecule has 1 aliphatic rings. The molecule has 0 heterocycles. The zero-order valence-corrected chi connectivity index (χ0v) is 12.8. The van der Waals surface area contributed by atoms with E-state index in [1.54, 1.807) is 7.11 Å². The van der Waals surface area contributed by atoms with E-state index in [0.717, 1.165) is 19.6 Å². The van der Waals surface area contributed by atoms with E-state index in [1.807, 2.05) is 0 Å². The summed E-state index contributed by atoms with van der Waals surface area (Å²) in [6, 6.07) is 0.616. The van der Waals surface area contributed by atoms with Crippen molar-refractivity contribution in [2.75, 3.05) is 34.4 Å². The van der Waals surface area contributed by atoms with Gasteiger partial charge in [-0.25, -0.2) is 0 Å². The van der Waals surface area contributed by atoms with Crippen molar-refractivity contribution in [2.45, 2.75) is 63.5 Å². The van der Waals surface area contributed by atoms with E-state index >= 15 is 0 Å². The van der Waals surface area contributed by atoms with Crippen LogP contribution in [0.25, 0.3) is 0 Å². The Kier molecular flexibility index (Phi) is 7.20. The SMILES string of the molecule is CCCNC(CCCOC)C1(N(C)C)CCCC1. The molecule has 1 N–H and O–H groups in total. The van der Waals surface area contributed by atoms with Crippen LogP contribution in [-0.2, 0) is 4.74 Å². The fourth-order valence-electron chi connectivity index (χ4n) is 3.41. The Labute approximate surface area is 113 Å². The molecule has 1 unspecified atom stereocenters. The lowest BCUT2D eigenvalue weighted by molar-refractivity contribution is 0.0922. The molecule has 0 saturated heterocycles. The lowest BCUT2D eigenvalue weighted by Gasteiger charge is -2.44. The molecule has 0 radical (unpaired) electrons. The smallest absolute Gasteiger partial charge is 0.0462 e. The molecule has 0 spiro atoms. The Morgan fingerprint density at radius 1 is 1.28 bits per heavy atom. The summed E-state index contributed by atoms with van der Waals surface area (Å²) in [5, 5.41) is 3.80. The second-order valence-corrected chi connectivity index (χ2v) is 5.85. The largest absolute Gasteiger partial charge is 0.385 e. The first kappa shape index (κ1) is 15.9. The summed E-state index contributed by atoms with van der Waals surface area (Å²) in [6.07, 6.45) is 9.05. The van der Waals surface area contributed by atoms with Gasteiger partial charge in [-0.05, 0) is 52.7 Å². The highest BCUT2D eigenvalue weighted by Crippen LogP contribution is 2.38. The van der Waals surface area contributed by atoms with Gasteiger partial charge in [-0.15, -0.1) is 0 Å². The zero-order chi connectivity index (χ0) is 13.4. The number of rotatable bonds is 9. The summed E-state index contributed by atoms with van der Waals surface area (Å²) in [4.78, 5) is 2.47. The lowest BCUT2D eigenvalue weighted by Crippen LogP contribution is -2.57. The maximum absolute atomic E-state index is 5.21. The Hall–Kier alpha value is -0.120. The van der Waals surface area contributed by atoms with Crippen LogP contribution in [0.4, 0.5) is 0 Å². The van der Waals surface area contributed by atoms with Gasteiger partial charge in [0.2, 0.25) is 0 Å². The average molecular weight is 256 g/mol. The number of likely N-dealkylation sites (N-methyl/N-ethyl adjacent to an activating group) is 1. The highest BCUT2D eigenvalue weighted by molar-refractivity contribution is 5.01. The molecular formula is C15H32N2O. The summed E-state index contributed by atoms with van der Waals surface area (Å²) in [5.41, 5.74) is 0.378. The first-order chi connectivity index (χ1) is 8.67. The molecule has 3 heteroatoms. The van der Waals surface area contributed by atoms with Gasteiger partial charge < -0.3 is 15.0 Å². The quantitative estimate of drug-likeness (QED) is 0.642. The highest BCUT2D eigenvalue weighted by Gasteiger charge is 2.42. The first-order valence-electron chi connectivity index (χ1n) is 7.57. The first-order valence-corrected chi connectivity index (χ1v) is 7.57. The standard InChI is InChI=1S/C15H32N2O/c1-5-12-16-14(9-8-13-18-4)15(17(2)3)10-6-7-11-15/h14,16H,5-13H2,1-4H3. The molecule has 1 rings (SSSR count). The zero-order valence-electron chi connectivity index (χ0n) is 12.8. The Bertz CT molecular complexity index is 213. The number of ether oxygens (including phenoxy) is 1. The number of methoxy groups -OCH3 is 1. The molecule has 1 saturated carbocycles. The third-order valence-corrected chi connectivity index (χ3v) is 4.49. The predicted octanol–water partition coefficient (Wildman–Crippen LogP) is 2.66. The van der Waals surface area contributed by atoms with Gasteiger partial charge in [0.25, 0.3) is 0 Å². The van der Waals surface area contributed by atoms with Crippen LogP contribution >= 0.6 is 0 Å². The number of nitrogens with one attached hydrogen (secondary N) is 1. The summed E-state index contributed by atoms with van der Waals surface area (Å²) in [5.74, 6) is 0. The molecule has 108 valence electrons. The van der Waals surface area contributed by atoms with Gasteiger partial charge in [0.15, 0.2) is 0 Å². The van der Waals surface area contributed by atoms with Gasteiger partial charge in [-0.1, -0.05) is 19.8 Å². The third-order valence-electron chi connectivity index (χ3n) is 4.49. The van der Waals surface area contributed by atoms with Gasteiger partial charge in [0.05, 0.1) is 0 Å². The van der Waals surface area contributed by atoms with Gasteiger partial charge in [-0.2, -0.15) is 0 Å². The van der Waals surface area contributed by atoms with E-state index in [1.165, 1.54) is 38.5 Å². The highest BCUT2D eigenvalue weighted by atomic mass is 16.5. The van der Waals surface area contributed by atoms with Crippen molar-refractivity contribution < 1.29 is 4.74 Å². The van der Waals surface area contributed by atoms with Crippen molar-refractivity contribution in [1.82, 2.24) is 10.2 Å². The van der Waals surface area contributed by atoms with E-state index in [9.17, 15) is 0 Å². The van der Waals surface area contributed by atoms with Crippen LogP contribution in [0.5, 0.6) is 0 Å². The van der Waals surface area contributed by atoms with Crippen LogP contribution < -0.4 is 5.32 Å². The van der Waals surface area contributed by atoms with Crippen LogP contribution in [-0.4, -0.2) is 50.8 Å². The second-order valence-electron chi connectivity index (χ2n) is 5.85. The van der Waals surface area contributed by atoms with Crippen molar-refractivity contribution in [1.29, 1.82) is 0 Å². The van der Waals surface area contributed by atoms with Gasteiger partial charge >= 0.3 is 0 Å². The predicted molar refractivity (Wildman–Crippen MR) is 78.1 cm³/mol. The topological polar surface area (TPSA) is 24.5 Å². The molecule has 0 aromatic rings. The van der Waals surface area contributed by atoms with Crippen LogP contribution in [0.3, 0.4) is 0 Å². The van der Waals surface area contributed by atoms with Crippen LogP contribution in [0.15, 0.2) is 0 Å². The summed E-state index contributed by atoms with van der Waals surface area (Å²) in [6.45, 7) is 4.26. The number of nitrogens with zero attached hydrogens (tertiary/aromatic N) is 1.